The lowest BCUT2D eigenvalue weighted by atomic mass is 10.1. The number of rotatable bonds is 7. The zero-order valence-corrected chi connectivity index (χ0v) is 10.8. The van der Waals surface area contributed by atoms with Gasteiger partial charge in [-0.25, -0.2) is 4.79 Å². The van der Waals surface area contributed by atoms with E-state index in [2.05, 4.69) is 12.5 Å². The third-order valence-corrected chi connectivity index (χ3v) is 2.60. The Balaban J connectivity index is 2.60. The van der Waals surface area contributed by atoms with Gasteiger partial charge in [-0.1, -0.05) is 24.3 Å². The minimum atomic E-state index is -0.668. The molecule has 1 unspecified atom stereocenters. The third kappa shape index (κ3) is 5.41. The highest BCUT2D eigenvalue weighted by Gasteiger charge is 2.18. The molecule has 1 aromatic rings. The lowest BCUT2D eigenvalue weighted by molar-refractivity contribution is 0.0163. The van der Waals surface area contributed by atoms with Crippen molar-refractivity contribution in [2.45, 2.75) is 31.5 Å². The Morgan fingerprint density at radius 3 is 2.74 bits per heavy atom. The molecule has 0 saturated carbocycles. The molecule has 1 aromatic carbocycles. The summed E-state index contributed by atoms with van der Waals surface area (Å²) in [4.78, 5) is 11.9. The van der Waals surface area contributed by atoms with E-state index < -0.39 is 18.2 Å². The molecule has 1 rings (SSSR count). The van der Waals surface area contributed by atoms with Crippen LogP contribution in [-0.2, 0) is 4.74 Å². The molecule has 0 aliphatic rings. The zero-order valence-electron chi connectivity index (χ0n) is 10.8. The first-order chi connectivity index (χ1) is 9.17. The number of benzene rings is 1. The van der Waals surface area contributed by atoms with Gasteiger partial charge >= 0.3 is 5.97 Å². The molecule has 2 atom stereocenters. The van der Waals surface area contributed by atoms with E-state index in [0.717, 1.165) is 0 Å². The Bertz CT molecular complexity index is 445. The fourth-order valence-corrected chi connectivity index (χ4v) is 1.69. The third-order valence-electron chi connectivity index (χ3n) is 2.60. The van der Waals surface area contributed by atoms with E-state index in [1.165, 1.54) is 0 Å². The van der Waals surface area contributed by atoms with E-state index in [9.17, 15) is 9.90 Å². The Morgan fingerprint density at radius 2 is 2.16 bits per heavy atom. The smallest absolute Gasteiger partial charge is 0.338 e. The minimum Gasteiger partial charge on any atom is -0.458 e. The molecule has 0 saturated heterocycles. The van der Waals surface area contributed by atoms with Crippen LogP contribution in [0.5, 0.6) is 0 Å². The van der Waals surface area contributed by atoms with E-state index in [-0.39, 0.29) is 6.42 Å². The summed E-state index contributed by atoms with van der Waals surface area (Å²) in [6.07, 6.45) is 6.76. The number of carbonyl (C=O) groups is 1. The van der Waals surface area contributed by atoms with Crippen molar-refractivity contribution in [2.75, 3.05) is 0 Å². The van der Waals surface area contributed by atoms with Gasteiger partial charge in [0.25, 0.3) is 0 Å². The van der Waals surface area contributed by atoms with Gasteiger partial charge in [-0.15, -0.1) is 18.9 Å². The van der Waals surface area contributed by atoms with Gasteiger partial charge < -0.3 is 9.84 Å². The van der Waals surface area contributed by atoms with Crippen molar-refractivity contribution < 1.29 is 14.6 Å². The van der Waals surface area contributed by atoms with Gasteiger partial charge in [-0.05, 0) is 12.1 Å². The second-order valence-electron chi connectivity index (χ2n) is 4.22. The van der Waals surface area contributed by atoms with Crippen LogP contribution in [-0.4, -0.2) is 23.3 Å². The van der Waals surface area contributed by atoms with Crippen molar-refractivity contribution in [3.8, 4) is 12.3 Å². The maximum Gasteiger partial charge on any atom is 0.338 e. The molecule has 3 heteroatoms. The number of aliphatic hydroxyl groups is 1. The van der Waals surface area contributed by atoms with Crippen molar-refractivity contribution in [3.63, 3.8) is 0 Å². The van der Waals surface area contributed by atoms with Gasteiger partial charge in [0.15, 0.2) is 0 Å². The van der Waals surface area contributed by atoms with Crippen LogP contribution in [0.4, 0.5) is 0 Å². The molecule has 0 aromatic heterocycles. The van der Waals surface area contributed by atoms with Crippen molar-refractivity contribution in [1.82, 2.24) is 0 Å². The highest BCUT2D eigenvalue weighted by molar-refractivity contribution is 5.89. The van der Waals surface area contributed by atoms with Crippen LogP contribution in [0.15, 0.2) is 43.0 Å². The molecule has 0 fully saturated rings. The Morgan fingerprint density at radius 1 is 1.47 bits per heavy atom. The molecule has 19 heavy (non-hydrogen) atoms. The Kier molecular flexibility index (Phi) is 6.42. The molecule has 0 aliphatic carbocycles. The van der Waals surface area contributed by atoms with Crippen LogP contribution in [0.1, 0.15) is 29.6 Å². The molecule has 0 heterocycles. The molecule has 0 amide bonds. The monoisotopic (exact) mass is 258 g/mol. The number of terminal acetylenes is 1. The number of hydrogen-bond acceptors (Lipinski definition) is 3. The van der Waals surface area contributed by atoms with Crippen LogP contribution < -0.4 is 0 Å². The van der Waals surface area contributed by atoms with Crippen molar-refractivity contribution in [1.29, 1.82) is 0 Å². The predicted octanol–water partition coefficient (Wildman–Crippen LogP) is 2.56. The molecule has 0 aliphatic heterocycles. The lowest BCUT2D eigenvalue weighted by Crippen LogP contribution is -2.23. The summed E-state index contributed by atoms with van der Waals surface area (Å²) in [5.74, 6) is 1.98. The largest absolute Gasteiger partial charge is 0.458 e. The fraction of sp³-hybridized carbons (Fsp3) is 0.312. The lowest BCUT2D eigenvalue weighted by Gasteiger charge is -2.18. The topological polar surface area (TPSA) is 46.5 Å². The van der Waals surface area contributed by atoms with Crippen LogP contribution >= 0.6 is 0 Å². The van der Waals surface area contributed by atoms with Gasteiger partial charge in [0, 0.05) is 19.3 Å². The average Bonchev–Trinajstić information content (AvgIpc) is 2.40. The number of aliphatic hydroxyl groups excluding tert-OH is 1. The molecule has 1 N–H and O–H groups in total. The van der Waals surface area contributed by atoms with Crippen molar-refractivity contribution in [3.05, 3.63) is 48.6 Å². The van der Waals surface area contributed by atoms with Crippen LogP contribution in [0.25, 0.3) is 0 Å². The van der Waals surface area contributed by atoms with E-state index in [1.54, 1.807) is 30.3 Å². The summed E-state index contributed by atoms with van der Waals surface area (Å²) in [7, 11) is 0. The van der Waals surface area contributed by atoms with Gasteiger partial charge in [-0.3, -0.25) is 0 Å². The number of hydrogen-bond donors (Lipinski definition) is 1. The summed E-state index contributed by atoms with van der Waals surface area (Å²) >= 11 is 0. The summed E-state index contributed by atoms with van der Waals surface area (Å²) in [5, 5.41) is 9.66. The van der Waals surface area contributed by atoms with E-state index in [4.69, 9.17) is 11.2 Å². The normalized spacial score (nSPS) is 13.1. The molecule has 100 valence electrons. The molecule has 3 nitrogen and oxygen atoms in total. The summed E-state index contributed by atoms with van der Waals surface area (Å²) in [6, 6.07) is 8.74. The molecule has 0 spiro atoms. The summed E-state index contributed by atoms with van der Waals surface area (Å²) in [6.45, 7) is 3.62. The highest BCUT2D eigenvalue weighted by Crippen LogP contribution is 2.13. The van der Waals surface area contributed by atoms with Crippen LogP contribution in [0, 0.1) is 12.3 Å². The molecular formula is C16H18O3. The minimum absolute atomic E-state index is 0.247. The summed E-state index contributed by atoms with van der Waals surface area (Å²) < 4.78 is 5.36. The second-order valence-corrected chi connectivity index (χ2v) is 4.22. The highest BCUT2D eigenvalue weighted by atomic mass is 16.5. The summed E-state index contributed by atoms with van der Waals surface area (Å²) in [5.41, 5.74) is 0.489. The molecule has 0 bridgehead atoms. The van der Waals surface area contributed by atoms with Gasteiger partial charge in [0.2, 0.25) is 0 Å². The number of esters is 1. The molecular weight excluding hydrogens is 240 g/mol. The van der Waals surface area contributed by atoms with Crippen LogP contribution in [0.2, 0.25) is 0 Å². The zero-order chi connectivity index (χ0) is 14.1. The molecule has 0 radical (unpaired) electrons. The predicted molar refractivity (Wildman–Crippen MR) is 74.5 cm³/mol. The van der Waals surface area contributed by atoms with Crippen molar-refractivity contribution >= 4 is 5.97 Å². The Hall–Kier alpha value is -2.05. The first kappa shape index (κ1) is 15.0. The number of carbonyl (C=O) groups excluding carboxylic acids is 1. The quantitative estimate of drug-likeness (QED) is 0.464. The van der Waals surface area contributed by atoms with E-state index >= 15 is 0 Å². The Labute approximate surface area is 113 Å². The van der Waals surface area contributed by atoms with Crippen LogP contribution in [0.3, 0.4) is 0 Å². The first-order valence-corrected chi connectivity index (χ1v) is 6.15. The van der Waals surface area contributed by atoms with Gasteiger partial charge in [0.05, 0.1) is 11.7 Å². The fourth-order valence-electron chi connectivity index (χ4n) is 1.69. The first-order valence-electron chi connectivity index (χ1n) is 6.15. The van der Waals surface area contributed by atoms with Gasteiger partial charge in [0.1, 0.15) is 6.10 Å². The number of ether oxygens (including phenoxy) is 1. The average molecular weight is 258 g/mol. The maximum absolute atomic E-state index is 11.9. The second kappa shape index (κ2) is 8.12. The SMILES string of the molecule is C#CCC(O)C[C@@H](CC=C)OC(=O)c1ccccc1. The van der Waals surface area contributed by atoms with Crippen molar-refractivity contribution in [2.24, 2.45) is 0 Å². The van der Waals surface area contributed by atoms with E-state index in [0.29, 0.717) is 18.4 Å². The van der Waals surface area contributed by atoms with Gasteiger partial charge in [-0.2, -0.15) is 0 Å². The maximum atomic E-state index is 11.9. The standard InChI is InChI=1S/C16H18O3/c1-3-8-14(17)12-15(9-4-2)19-16(18)13-10-6-5-7-11-13/h1,4-7,10-11,14-15,17H,2,8-9,12H2/t14?,15-/m1/s1. The van der Waals surface area contributed by atoms with E-state index in [1.807, 2.05) is 6.07 Å².